The maximum atomic E-state index is 5.03. The first-order chi connectivity index (χ1) is 7.90. The minimum absolute atomic E-state index is 0. The van der Waals surface area contributed by atoms with E-state index in [1.54, 1.807) is 7.11 Å². The molecule has 1 aromatic rings. The summed E-state index contributed by atoms with van der Waals surface area (Å²) in [6.45, 7) is 4.47. The van der Waals surface area contributed by atoms with Gasteiger partial charge in [-0.1, -0.05) is 0 Å². The van der Waals surface area contributed by atoms with E-state index in [-0.39, 0.29) is 12.4 Å². The normalized spacial score (nSPS) is 16.8. The number of aromatic nitrogens is 4. The number of methoxy groups -OCH3 is 1. The topological polar surface area (TPSA) is 56.1 Å². The van der Waals surface area contributed by atoms with Crippen molar-refractivity contribution in [1.82, 2.24) is 25.1 Å². The van der Waals surface area contributed by atoms with Crippen LogP contribution in [0.5, 0.6) is 0 Å². The van der Waals surface area contributed by atoms with E-state index >= 15 is 0 Å². The summed E-state index contributed by atoms with van der Waals surface area (Å²) in [5, 5.41) is 11.7. The van der Waals surface area contributed by atoms with Crippen LogP contribution in [0, 0.1) is 0 Å². The molecule has 6 nitrogen and oxygen atoms in total. The van der Waals surface area contributed by atoms with E-state index < -0.39 is 0 Å². The van der Waals surface area contributed by atoms with Crippen LogP contribution in [0.4, 0.5) is 0 Å². The van der Waals surface area contributed by atoms with Gasteiger partial charge in [0.2, 0.25) is 0 Å². The molecule has 0 aromatic carbocycles. The molecule has 0 saturated carbocycles. The zero-order valence-electron chi connectivity index (χ0n) is 9.88. The van der Waals surface area contributed by atoms with Gasteiger partial charge >= 0.3 is 0 Å². The van der Waals surface area contributed by atoms with Crippen molar-refractivity contribution in [3.63, 3.8) is 0 Å². The van der Waals surface area contributed by atoms with Crippen molar-refractivity contribution in [1.29, 1.82) is 0 Å². The lowest BCUT2D eigenvalue weighted by Gasteiger charge is -2.25. The second-order valence-corrected chi connectivity index (χ2v) is 4.92. The Labute approximate surface area is 111 Å². The maximum Gasteiger partial charge on any atom is 0.165 e. The highest BCUT2D eigenvalue weighted by atomic mass is 35.5. The van der Waals surface area contributed by atoms with Gasteiger partial charge in [-0.15, -0.1) is 5.10 Å². The number of halogens is 1. The van der Waals surface area contributed by atoms with Crippen LogP contribution in [-0.2, 0) is 17.8 Å². The van der Waals surface area contributed by atoms with E-state index in [0.717, 1.165) is 32.0 Å². The zero-order chi connectivity index (χ0) is 11.2. The number of ether oxygens (including phenoxy) is 1. The summed E-state index contributed by atoms with van der Waals surface area (Å²) in [5.41, 5.74) is 0. The van der Waals surface area contributed by atoms with Crippen LogP contribution in [0.25, 0.3) is 0 Å². The van der Waals surface area contributed by atoms with E-state index in [2.05, 4.69) is 20.4 Å². The van der Waals surface area contributed by atoms with Crippen LogP contribution in [0.1, 0.15) is 5.82 Å². The van der Waals surface area contributed by atoms with Gasteiger partial charge in [-0.3, -0.25) is 4.90 Å². The third kappa shape index (κ3) is 4.42. The van der Waals surface area contributed by atoms with Gasteiger partial charge in [-0.05, 0) is 10.4 Å². The fourth-order valence-electron chi connectivity index (χ4n) is 1.65. The van der Waals surface area contributed by atoms with Crippen LogP contribution in [0.3, 0.4) is 0 Å². The van der Waals surface area contributed by atoms with Crippen molar-refractivity contribution in [3.05, 3.63) is 5.82 Å². The molecule has 98 valence electrons. The molecule has 0 spiro atoms. The zero-order valence-corrected chi connectivity index (χ0v) is 11.5. The summed E-state index contributed by atoms with van der Waals surface area (Å²) in [4.78, 5) is 2.39. The van der Waals surface area contributed by atoms with E-state index in [1.807, 2.05) is 16.4 Å². The SMILES string of the molecule is COCCn1nnnc1CN1CCSCC1.[Cl-]. The smallest absolute Gasteiger partial charge is 0.165 e. The summed E-state index contributed by atoms with van der Waals surface area (Å²) >= 11 is 2.01. The Morgan fingerprint density at radius 1 is 1.35 bits per heavy atom. The molecule has 0 radical (unpaired) electrons. The number of hydrogen-bond donors (Lipinski definition) is 0. The number of nitrogens with zero attached hydrogens (tertiary/aromatic N) is 5. The Morgan fingerprint density at radius 2 is 2.12 bits per heavy atom. The van der Waals surface area contributed by atoms with E-state index in [9.17, 15) is 0 Å². The monoisotopic (exact) mass is 278 g/mol. The molecule has 1 aliphatic rings. The molecule has 2 rings (SSSR count). The Hall–Kier alpha value is -0.370. The standard InChI is InChI=1S/C9H17N5OS.ClH/c1-15-5-2-14-9(10-11-12-14)8-13-3-6-16-7-4-13;/h2-8H2,1H3;1H/p-1. The van der Waals surface area contributed by atoms with Crippen molar-refractivity contribution in [2.24, 2.45) is 0 Å². The van der Waals surface area contributed by atoms with Gasteiger partial charge in [0.25, 0.3) is 0 Å². The highest BCUT2D eigenvalue weighted by Crippen LogP contribution is 2.11. The molecule has 0 unspecified atom stereocenters. The molecular weight excluding hydrogens is 262 g/mol. The average molecular weight is 279 g/mol. The van der Waals surface area contributed by atoms with Gasteiger partial charge in [-0.25, -0.2) is 4.68 Å². The Kier molecular flexibility index (Phi) is 6.79. The van der Waals surface area contributed by atoms with Gasteiger partial charge in [0, 0.05) is 31.7 Å². The van der Waals surface area contributed by atoms with Crippen molar-refractivity contribution in [3.8, 4) is 0 Å². The van der Waals surface area contributed by atoms with Crippen molar-refractivity contribution in [2.75, 3.05) is 38.3 Å². The summed E-state index contributed by atoms with van der Waals surface area (Å²) in [6.07, 6.45) is 0. The van der Waals surface area contributed by atoms with Crippen LogP contribution < -0.4 is 12.4 Å². The van der Waals surface area contributed by atoms with Crippen LogP contribution in [0.15, 0.2) is 0 Å². The first-order valence-electron chi connectivity index (χ1n) is 5.44. The molecule has 0 aliphatic carbocycles. The molecule has 1 fully saturated rings. The van der Waals surface area contributed by atoms with Crippen LogP contribution >= 0.6 is 11.8 Å². The summed E-state index contributed by atoms with van der Waals surface area (Å²) in [7, 11) is 1.69. The molecule has 0 bridgehead atoms. The molecule has 0 amide bonds. The summed E-state index contributed by atoms with van der Waals surface area (Å²) in [6, 6.07) is 0. The van der Waals surface area contributed by atoms with Gasteiger partial charge in [0.1, 0.15) is 0 Å². The number of rotatable bonds is 5. The third-order valence-corrected chi connectivity index (χ3v) is 3.52. The minimum Gasteiger partial charge on any atom is -1.00 e. The Bertz CT molecular complexity index is 318. The molecule has 8 heteroatoms. The molecule has 0 N–H and O–H groups in total. The highest BCUT2D eigenvalue weighted by molar-refractivity contribution is 7.99. The van der Waals surface area contributed by atoms with E-state index in [0.29, 0.717) is 6.61 Å². The highest BCUT2D eigenvalue weighted by Gasteiger charge is 2.14. The van der Waals surface area contributed by atoms with Gasteiger partial charge in [0.15, 0.2) is 5.82 Å². The second kappa shape index (κ2) is 7.86. The molecule has 2 heterocycles. The first kappa shape index (κ1) is 14.7. The lowest BCUT2D eigenvalue weighted by atomic mass is 10.4. The van der Waals surface area contributed by atoms with Crippen molar-refractivity contribution < 1.29 is 17.1 Å². The lowest BCUT2D eigenvalue weighted by Crippen LogP contribution is -3.00. The number of tetrazole rings is 1. The second-order valence-electron chi connectivity index (χ2n) is 3.70. The van der Waals surface area contributed by atoms with Crippen LogP contribution in [-0.4, -0.2) is 63.4 Å². The largest absolute Gasteiger partial charge is 1.00 e. The third-order valence-electron chi connectivity index (χ3n) is 2.58. The lowest BCUT2D eigenvalue weighted by molar-refractivity contribution is -0.00000389. The van der Waals surface area contributed by atoms with Crippen molar-refractivity contribution in [2.45, 2.75) is 13.1 Å². The van der Waals surface area contributed by atoms with Crippen LogP contribution in [0.2, 0.25) is 0 Å². The predicted molar refractivity (Wildman–Crippen MR) is 62.3 cm³/mol. The summed E-state index contributed by atoms with van der Waals surface area (Å²) < 4.78 is 6.85. The number of thioether (sulfide) groups is 1. The maximum absolute atomic E-state index is 5.03. The molecule has 1 aromatic heterocycles. The number of hydrogen-bond acceptors (Lipinski definition) is 6. The average Bonchev–Trinajstić information content (AvgIpc) is 2.75. The Morgan fingerprint density at radius 3 is 2.82 bits per heavy atom. The van der Waals surface area contributed by atoms with Gasteiger partial charge in [0.05, 0.1) is 19.7 Å². The van der Waals surface area contributed by atoms with Crippen molar-refractivity contribution >= 4 is 11.8 Å². The molecule has 0 atom stereocenters. The Balaban J connectivity index is 0.00000144. The van der Waals surface area contributed by atoms with E-state index in [1.165, 1.54) is 11.5 Å². The predicted octanol–water partition coefficient (Wildman–Crippen LogP) is -3.13. The fraction of sp³-hybridized carbons (Fsp3) is 0.889. The molecule has 1 aliphatic heterocycles. The molecule has 1 saturated heterocycles. The first-order valence-corrected chi connectivity index (χ1v) is 6.59. The van der Waals surface area contributed by atoms with Gasteiger partial charge in [-0.2, -0.15) is 11.8 Å². The van der Waals surface area contributed by atoms with E-state index in [4.69, 9.17) is 4.74 Å². The fourth-order valence-corrected chi connectivity index (χ4v) is 2.63. The van der Waals surface area contributed by atoms with Gasteiger partial charge < -0.3 is 17.1 Å². The molecular formula is C9H17ClN5OS-. The quantitative estimate of drug-likeness (QED) is 0.568. The molecule has 17 heavy (non-hydrogen) atoms. The summed E-state index contributed by atoms with van der Waals surface area (Å²) in [5.74, 6) is 3.35. The minimum atomic E-state index is 0.